The van der Waals surface area contributed by atoms with Crippen LogP contribution < -0.4 is 0 Å². The second-order valence-corrected chi connectivity index (χ2v) is 9.66. The monoisotopic (exact) mass is 256 g/mol. The van der Waals surface area contributed by atoms with E-state index in [1.807, 2.05) is 0 Å². The molecule has 1 heteroatoms. The highest BCUT2D eigenvalue weighted by atomic mass is 28.3. The Balaban J connectivity index is 3.72. The summed E-state index contributed by atoms with van der Waals surface area (Å²) in [5.74, 6) is 0. The minimum atomic E-state index is -0.413. The van der Waals surface area contributed by atoms with Crippen LogP contribution in [0.1, 0.15) is 85.5 Å². The summed E-state index contributed by atoms with van der Waals surface area (Å²) in [4.78, 5) is 0. The van der Waals surface area contributed by atoms with Crippen molar-refractivity contribution in [3.63, 3.8) is 0 Å². The van der Waals surface area contributed by atoms with Gasteiger partial charge in [-0.15, -0.1) is 0 Å². The molecule has 0 aromatic carbocycles. The molecule has 0 amide bonds. The lowest BCUT2D eigenvalue weighted by atomic mass is 10.2. The molecule has 0 saturated carbocycles. The van der Waals surface area contributed by atoms with E-state index in [9.17, 15) is 0 Å². The van der Waals surface area contributed by atoms with Crippen molar-refractivity contribution in [1.29, 1.82) is 0 Å². The van der Waals surface area contributed by atoms with E-state index in [1.54, 1.807) is 12.1 Å². The van der Waals surface area contributed by atoms with Crippen LogP contribution in [0.4, 0.5) is 0 Å². The zero-order valence-corrected chi connectivity index (χ0v) is 14.1. The third-order valence-corrected chi connectivity index (χ3v) is 8.69. The van der Waals surface area contributed by atoms with E-state index in [0.29, 0.717) is 0 Å². The molecule has 17 heavy (non-hydrogen) atoms. The van der Waals surface area contributed by atoms with Gasteiger partial charge in [0, 0.05) is 8.80 Å². The summed E-state index contributed by atoms with van der Waals surface area (Å²) < 4.78 is 0. The fourth-order valence-corrected chi connectivity index (χ4v) is 6.43. The molecule has 0 rings (SSSR count). The molecule has 0 aliphatic heterocycles. The van der Waals surface area contributed by atoms with Crippen molar-refractivity contribution in [3.8, 4) is 0 Å². The average Bonchev–Trinajstić information content (AvgIpc) is 2.36. The summed E-state index contributed by atoms with van der Waals surface area (Å²) >= 11 is 0. The van der Waals surface area contributed by atoms with Gasteiger partial charge in [-0.2, -0.15) is 0 Å². The van der Waals surface area contributed by atoms with Gasteiger partial charge in [-0.3, -0.25) is 0 Å². The highest BCUT2D eigenvalue weighted by molar-refractivity contribution is 6.60. The Kier molecular flexibility index (Phi) is 12.8. The van der Waals surface area contributed by atoms with Gasteiger partial charge in [0.1, 0.15) is 0 Å². The van der Waals surface area contributed by atoms with Crippen molar-refractivity contribution in [2.45, 2.75) is 103 Å². The van der Waals surface area contributed by atoms with E-state index in [2.05, 4.69) is 27.7 Å². The molecule has 0 aromatic heterocycles. The fraction of sp³-hybridized carbons (Fsp3) is 1.00. The number of hydrogen-bond acceptors (Lipinski definition) is 0. The molecule has 104 valence electrons. The smallest absolute Gasteiger partial charge is 0.0396 e. The minimum absolute atomic E-state index is 0.413. The summed E-state index contributed by atoms with van der Waals surface area (Å²) in [7, 11) is -0.413. The van der Waals surface area contributed by atoms with Gasteiger partial charge in [-0.05, 0) is 0 Å². The molecule has 0 aromatic rings. The van der Waals surface area contributed by atoms with E-state index in [0.717, 1.165) is 5.54 Å². The first-order valence-corrected chi connectivity index (χ1v) is 10.6. The molecule has 0 saturated heterocycles. The van der Waals surface area contributed by atoms with Crippen LogP contribution in [0.2, 0.25) is 17.6 Å². The van der Waals surface area contributed by atoms with Crippen LogP contribution in [0, 0.1) is 0 Å². The van der Waals surface area contributed by atoms with Crippen LogP contribution in [0.15, 0.2) is 0 Å². The third-order valence-electron chi connectivity index (χ3n) is 4.31. The first-order chi connectivity index (χ1) is 8.26. The van der Waals surface area contributed by atoms with E-state index in [-0.39, 0.29) is 0 Å². The van der Waals surface area contributed by atoms with Crippen molar-refractivity contribution >= 4 is 8.80 Å². The van der Waals surface area contributed by atoms with E-state index >= 15 is 0 Å². The zero-order valence-electron chi connectivity index (χ0n) is 12.9. The normalized spacial score (nSPS) is 13.2. The fourth-order valence-electron chi connectivity index (χ4n) is 2.71. The van der Waals surface area contributed by atoms with Gasteiger partial charge in [-0.25, -0.2) is 0 Å². The van der Waals surface area contributed by atoms with Gasteiger partial charge in [0.05, 0.1) is 0 Å². The maximum absolute atomic E-state index is 2.52. The number of rotatable bonds is 12. The summed E-state index contributed by atoms with van der Waals surface area (Å²) in [6.45, 7) is 9.54. The quantitative estimate of drug-likeness (QED) is 0.289. The van der Waals surface area contributed by atoms with Gasteiger partial charge in [0.15, 0.2) is 0 Å². The first-order valence-electron chi connectivity index (χ1n) is 8.26. The van der Waals surface area contributed by atoms with Gasteiger partial charge in [0.25, 0.3) is 0 Å². The average molecular weight is 257 g/mol. The molecular weight excluding hydrogens is 220 g/mol. The lowest BCUT2D eigenvalue weighted by molar-refractivity contribution is 0.676. The van der Waals surface area contributed by atoms with Crippen LogP contribution in [0.3, 0.4) is 0 Å². The number of hydrogen-bond donors (Lipinski definition) is 0. The van der Waals surface area contributed by atoms with Gasteiger partial charge in [-0.1, -0.05) is 103 Å². The van der Waals surface area contributed by atoms with E-state index in [4.69, 9.17) is 0 Å². The van der Waals surface area contributed by atoms with E-state index < -0.39 is 8.80 Å². The highest BCUT2D eigenvalue weighted by Gasteiger charge is 2.16. The molecule has 0 aliphatic rings. The van der Waals surface area contributed by atoms with Gasteiger partial charge >= 0.3 is 0 Å². The molecule has 0 radical (unpaired) electrons. The molecular formula is C16H36Si. The van der Waals surface area contributed by atoms with E-state index in [1.165, 1.54) is 57.8 Å². The molecule has 0 bridgehead atoms. The van der Waals surface area contributed by atoms with Crippen molar-refractivity contribution in [2.24, 2.45) is 0 Å². The Morgan fingerprint density at radius 2 is 1.18 bits per heavy atom. The number of unbranched alkanes of at least 4 members (excludes halogenated alkanes) is 6. The summed E-state index contributed by atoms with van der Waals surface area (Å²) in [5.41, 5.74) is 1.08. The standard InChI is InChI=1S/C16H36Si/c1-5-8-10-12-14-17(16(4)7-3)15-13-11-9-6-2/h16-17H,5-15H2,1-4H3. The van der Waals surface area contributed by atoms with Gasteiger partial charge in [0.2, 0.25) is 0 Å². The Labute approximate surface area is 112 Å². The predicted molar refractivity (Wildman–Crippen MR) is 84.8 cm³/mol. The molecule has 1 unspecified atom stereocenters. The second-order valence-electron chi connectivity index (χ2n) is 5.84. The second kappa shape index (κ2) is 12.7. The summed E-state index contributed by atoms with van der Waals surface area (Å²) in [6.07, 6.45) is 13.1. The van der Waals surface area contributed by atoms with Crippen molar-refractivity contribution in [2.75, 3.05) is 0 Å². The Bertz CT molecular complexity index is 132. The Morgan fingerprint density at radius 1 is 0.706 bits per heavy atom. The summed E-state index contributed by atoms with van der Waals surface area (Å²) in [6, 6.07) is 3.25. The highest BCUT2D eigenvalue weighted by Crippen LogP contribution is 2.25. The maximum atomic E-state index is 2.52. The van der Waals surface area contributed by atoms with Crippen LogP contribution >= 0.6 is 0 Å². The van der Waals surface area contributed by atoms with Crippen molar-refractivity contribution < 1.29 is 0 Å². The minimum Gasteiger partial charge on any atom is -0.0654 e. The predicted octanol–water partition coefficient (Wildman–Crippen LogP) is 6.17. The van der Waals surface area contributed by atoms with Gasteiger partial charge < -0.3 is 0 Å². The largest absolute Gasteiger partial charge is 0.0654 e. The van der Waals surface area contributed by atoms with Crippen LogP contribution in [0.5, 0.6) is 0 Å². The summed E-state index contributed by atoms with van der Waals surface area (Å²) in [5, 5.41) is 0. The van der Waals surface area contributed by atoms with Crippen molar-refractivity contribution in [3.05, 3.63) is 0 Å². The molecule has 0 heterocycles. The molecule has 0 nitrogen and oxygen atoms in total. The molecule has 0 aliphatic carbocycles. The van der Waals surface area contributed by atoms with Crippen molar-refractivity contribution in [1.82, 2.24) is 0 Å². The molecule has 0 N–H and O–H groups in total. The maximum Gasteiger partial charge on any atom is 0.0396 e. The third kappa shape index (κ3) is 9.88. The topological polar surface area (TPSA) is 0 Å². The molecule has 1 atom stereocenters. The Morgan fingerprint density at radius 3 is 1.53 bits per heavy atom. The lowest BCUT2D eigenvalue weighted by Crippen LogP contribution is -2.18. The Hall–Kier alpha value is 0.217. The van der Waals surface area contributed by atoms with Crippen LogP contribution in [0.25, 0.3) is 0 Å². The molecule has 0 spiro atoms. The SMILES string of the molecule is CCCCCC[SiH](CCCCCC)C(C)CC. The zero-order chi connectivity index (χ0) is 12.9. The molecule has 0 fully saturated rings. The van der Waals surface area contributed by atoms with Crippen LogP contribution in [-0.4, -0.2) is 8.80 Å². The lowest BCUT2D eigenvalue weighted by Gasteiger charge is -2.21. The van der Waals surface area contributed by atoms with Crippen LogP contribution in [-0.2, 0) is 0 Å². The first kappa shape index (κ1) is 17.2.